The Balaban J connectivity index is 1.07. The highest BCUT2D eigenvalue weighted by molar-refractivity contribution is 6.05. The van der Waals surface area contributed by atoms with Gasteiger partial charge in [0.25, 0.3) is 0 Å². The molecule has 0 saturated heterocycles. The topological polar surface area (TPSA) is 85.7 Å². The summed E-state index contributed by atoms with van der Waals surface area (Å²) in [6.45, 7) is 0. The molecule has 54 heavy (non-hydrogen) atoms. The highest BCUT2D eigenvalue weighted by Crippen LogP contribution is 2.56. The quantitative estimate of drug-likeness (QED) is 0.131. The number of ether oxygens (including phenoxy) is 1. The largest absolute Gasteiger partial charge is 0.340 e. The van der Waals surface area contributed by atoms with Crippen LogP contribution in [0.1, 0.15) is 63.4 Å². The predicted octanol–water partition coefficient (Wildman–Crippen LogP) is 9.57. The SMILES string of the molecule is NC(OC(N)c1ccccc1C1=CC(C2C=CC=CC2)N=C(c2ccccc2)N1)c1ccc2c(c1)C(c1ccccc1)(c1ccccc1)c1ccccc1-2. The standard InChI is InChI=1S/C49H42N4O/c50-46(35-29-30-39-38-25-15-16-28-42(38)49(43(39)31-35,36-21-9-3-10-22-36)37-23-11-4-12-24-37)54-47(51)41-27-14-13-26-40(41)45-32-44(33-17-5-1-6-18-33)52-48(53-45)34-19-7-2-8-20-34/h1-17,19-33,44,46-47H,18,50-51H2,(H,52,53). The third kappa shape index (κ3) is 5.93. The molecule has 5 heteroatoms. The van der Waals surface area contributed by atoms with Crippen LogP contribution < -0.4 is 16.8 Å². The summed E-state index contributed by atoms with van der Waals surface area (Å²) in [6, 6.07) is 55.1. The van der Waals surface area contributed by atoms with E-state index in [0.717, 1.165) is 40.2 Å². The first-order valence-corrected chi connectivity index (χ1v) is 18.7. The van der Waals surface area contributed by atoms with Crippen molar-refractivity contribution in [2.24, 2.45) is 22.4 Å². The van der Waals surface area contributed by atoms with Crippen molar-refractivity contribution >= 4 is 11.5 Å². The number of rotatable bonds is 9. The number of nitrogens with zero attached hydrogens (tertiary/aromatic N) is 1. The first kappa shape index (κ1) is 33.7. The lowest BCUT2D eigenvalue weighted by Crippen LogP contribution is -2.33. The first-order valence-electron chi connectivity index (χ1n) is 18.7. The van der Waals surface area contributed by atoms with E-state index in [9.17, 15) is 0 Å². The van der Waals surface area contributed by atoms with Gasteiger partial charge in [-0.05, 0) is 57.5 Å². The van der Waals surface area contributed by atoms with Crippen molar-refractivity contribution < 1.29 is 4.74 Å². The molecule has 1 heterocycles. The van der Waals surface area contributed by atoms with E-state index in [-0.39, 0.29) is 12.0 Å². The van der Waals surface area contributed by atoms with E-state index in [2.05, 4.69) is 157 Å². The van der Waals surface area contributed by atoms with Crippen molar-refractivity contribution in [1.29, 1.82) is 0 Å². The van der Waals surface area contributed by atoms with Crippen LogP contribution in [-0.4, -0.2) is 11.9 Å². The highest BCUT2D eigenvalue weighted by atomic mass is 16.5. The summed E-state index contributed by atoms with van der Waals surface area (Å²) < 4.78 is 6.58. The number of hydrogen-bond acceptors (Lipinski definition) is 5. The number of nitrogens with two attached hydrogens (primary N) is 2. The fourth-order valence-electron chi connectivity index (χ4n) is 8.47. The fraction of sp³-hybridized carbons (Fsp3) is 0.122. The molecule has 9 rings (SSSR count). The van der Waals surface area contributed by atoms with Crippen LogP contribution in [0.2, 0.25) is 0 Å². The van der Waals surface area contributed by atoms with Crippen LogP contribution in [0.15, 0.2) is 193 Å². The highest BCUT2D eigenvalue weighted by Gasteiger charge is 2.46. The second-order valence-corrected chi connectivity index (χ2v) is 14.1. The van der Waals surface area contributed by atoms with Gasteiger partial charge in [0, 0.05) is 28.3 Å². The van der Waals surface area contributed by atoms with Crippen LogP contribution in [0, 0.1) is 5.92 Å². The van der Waals surface area contributed by atoms with Gasteiger partial charge >= 0.3 is 0 Å². The van der Waals surface area contributed by atoms with Crippen LogP contribution >= 0.6 is 0 Å². The Morgan fingerprint density at radius 1 is 0.630 bits per heavy atom. The molecule has 0 bridgehead atoms. The van der Waals surface area contributed by atoms with E-state index < -0.39 is 17.9 Å². The molecule has 264 valence electrons. The average molecular weight is 703 g/mol. The molecule has 0 radical (unpaired) electrons. The molecule has 6 aromatic carbocycles. The van der Waals surface area contributed by atoms with Crippen molar-refractivity contribution in [3.05, 3.63) is 233 Å². The lowest BCUT2D eigenvalue weighted by molar-refractivity contribution is -0.00849. The van der Waals surface area contributed by atoms with E-state index in [0.29, 0.717) is 0 Å². The monoisotopic (exact) mass is 702 g/mol. The Morgan fingerprint density at radius 2 is 1.26 bits per heavy atom. The second-order valence-electron chi connectivity index (χ2n) is 14.1. The fourth-order valence-corrected chi connectivity index (χ4v) is 8.47. The minimum Gasteiger partial charge on any atom is -0.340 e. The molecule has 5 N–H and O–H groups in total. The summed E-state index contributed by atoms with van der Waals surface area (Å²) in [5.41, 5.74) is 25.3. The molecule has 3 aliphatic rings. The molecule has 0 aromatic heterocycles. The third-order valence-electron chi connectivity index (χ3n) is 11.0. The van der Waals surface area contributed by atoms with Crippen LogP contribution in [0.4, 0.5) is 0 Å². The minimum atomic E-state index is -0.799. The summed E-state index contributed by atoms with van der Waals surface area (Å²) >= 11 is 0. The molecular formula is C49H42N4O. The van der Waals surface area contributed by atoms with Gasteiger partial charge in [-0.15, -0.1) is 0 Å². The molecule has 0 spiro atoms. The minimum absolute atomic E-state index is 0.0462. The zero-order valence-electron chi connectivity index (χ0n) is 29.9. The average Bonchev–Trinajstić information content (AvgIpc) is 3.55. The van der Waals surface area contributed by atoms with Crippen molar-refractivity contribution in [3.63, 3.8) is 0 Å². The molecule has 1 aliphatic heterocycles. The zero-order valence-corrected chi connectivity index (χ0v) is 29.9. The van der Waals surface area contributed by atoms with Crippen LogP contribution in [0.25, 0.3) is 16.8 Å². The molecule has 4 unspecified atom stereocenters. The predicted molar refractivity (Wildman–Crippen MR) is 219 cm³/mol. The van der Waals surface area contributed by atoms with E-state index in [1.807, 2.05) is 36.4 Å². The van der Waals surface area contributed by atoms with Gasteiger partial charge in [-0.25, -0.2) is 0 Å². The van der Waals surface area contributed by atoms with Gasteiger partial charge in [-0.1, -0.05) is 176 Å². The van der Waals surface area contributed by atoms with E-state index in [4.69, 9.17) is 21.2 Å². The number of hydrogen-bond donors (Lipinski definition) is 3. The number of allylic oxidation sites excluding steroid dienone is 3. The maximum Gasteiger partial charge on any atom is 0.134 e. The number of fused-ring (bicyclic) bond motifs is 3. The van der Waals surface area contributed by atoms with Gasteiger partial charge in [0.2, 0.25) is 0 Å². The van der Waals surface area contributed by atoms with E-state index in [1.54, 1.807) is 0 Å². The van der Waals surface area contributed by atoms with Gasteiger partial charge in [-0.2, -0.15) is 0 Å². The molecule has 0 fully saturated rings. The van der Waals surface area contributed by atoms with Crippen LogP contribution in [-0.2, 0) is 10.2 Å². The maximum atomic E-state index is 6.98. The summed E-state index contributed by atoms with van der Waals surface area (Å²) in [4.78, 5) is 5.17. The zero-order chi connectivity index (χ0) is 36.5. The van der Waals surface area contributed by atoms with Gasteiger partial charge in [0.05, 0.1) is 11.5 Å². The van der Waals surface area contributed by atoms with Crippen LogP contribution in [0.3, 0.4) is 0 Å². The van der Waals surface area contributed by atoms with E-state index >= 15 is 0 Å². The lowest BCUT2D eigenvalue weighted by atomic mass is 9.67. The Bertz CT molecular complexity index is 2380. The molecular weight excluding hydrogens is 661 g/mol. The molecule has 4 atom stereocenters. The Morgan fingerprint density at radius 3 is 1.96 bits per heavy atom. The van der Waals surface area contributed by atoms with Crippen molar-refractivity contribution in [3.8, 4) is 11.1 Å². The van der Waals surface area contributed by atoms with Gasteiger partial charge in [0.1, 0.15) is 18.3 Å². The molecule has 0 saturated carbocycles. The lowest BCUT2D eigenvalue weighted by Gasteiger charge is -2.34. The smallest absolute Gasteiger partial charge is 0.134 e. The summed E-state index contributed by atoms with van der Waals surface area (Å²) in [7, 11) is 0. The number of nitrogens with one attached hydrogen (secondary N) is 1. The van der Waals surface area contributed by atoms with Gasteiger partial charge < -0.3 is 21.5 Å². The summed E-state index contributed by atoms with van der Waals surface area (Å²) in [6.07, 6.45) is 10.2. The Labute approximate surface area is 317 Å². The molecule has 5 nitrogen and oxygen atoms in total. The van der Waals surface area contributed by atoms with Crippen molar-refractivity contribution in [2.45, 2.75) is 30.3 Å². The number of benzene rings is 6. The summed E-state index contributed by atoms with van der Waals surface area (Å²) in [5, 5.41) is 3.64. The van der Waals surface area contributed by atoms with Gasteiger partial charge in [-0.3, -0.25) is 4.99 Å². The van der Waals surface area contributed by atoms with Crippen LogP contribution in [0.5, 0.6) is 0 Å². The van der Waals surface area contributed by atoms with Crippen molar-refractivity contribution in [1.82, 2.24) is 5.32 Å². The first-order chi connectivity index (χ1) is 26.6. The summed E-state index contributed by atoms with van der Waals surface area (Å²) in [5.74, 6) is 1.09. The second kappa shape index (κ2) is 14.4. The third-order valence-corrected chi connectivity index (χ3v) is 11.0. The molecule has 6 aromatic rings. The number of aliphatic imine (C=N–C) groups is 1. The Hall–Kier alpha value is -6.11. The normalized spacial score (nSPS) is 19.1. The van der Waals surface area contributed by atoms with Gasteiger partial charge in [0.15, 0.2) is 0 Å². The van der Waals surface area contributed by atoms with E-state index in [1.165, 1.54) is 33.4 Å². The van der Waals surface area contributed by atoms with Crippen molar-refractivity contribution in [2.75, 3.05) is 0 Å². The molecule has 2 aliphatic carbocycles. The maximum absolute atomic E-state index is 6.98. The Kier molecular flexibility index (Phi) is 8.97. The number of amidine groups is 1. The molecule has 0 amide bonds.